The van der Waals surface area contributed by atoms with E-state index in [4.69, 9.17) is 0 Å². The predicted molar refractivity (Wildman–Crippen MR) is 111 cm³/mol. The van der Waals surface area contributed by atoms with E-state index in [1.54, 1.807) is 0 Å². The summed E-state index contributed by atoms with van der Waals surface area (Å²) in [6, 6.07) is 32.0. The number of likely N-dealkylation sites (tertiary alicyclic amines) is 1. The third-order valence-corrected chi connectivity index (χ3v) is 5.65. The lowest BCUT2D eigenvalue weighted by Gasteiger charge is -2.44. The Morgan fingerprint density at radius 3 is 1.85 bits per heavy atom. The maximum absolute atomic E-state index is 11.1. The van der Waals surface area contributed by atoms with Crippen LogP contribution in [-0.2, 0) is 6.54 Å². The number of aliphatic hydroxyl groups is 1. The predicted octanol–water partition coefficient (Wildman–Crippen LogP) is 4.84. The fourth-order valence-electron chi connectivity index (χ4n) is 4.41. The first-order valence-electron chi connectivity index (χ1n) is 9.89. The van der Waals surface area contributed by atoms with Gasteiger partial charge in [-0.05, 0) is 36.1 Å². The second-order valence-electron chi connectivity index (χ2n) is 7.46. The lowest BCUT2D eigenvalue weighted by Crippen LogP contribution is -2.51. The SMILES string of the molecule is OC1CCCN(Cc2ccccc2)C1C(c1ccccc1)c1ccccc1. The van der Waals surface area contributed by atoms with Gasteiger partial charge in [0.05, 0.1) is 6.10 Å². The minimum Gasteiger partial charge on any atom is -0.391 e. The van der Waals surface area contributed by atoms with Gasteiger partial charge in [-0.2, -0.15) is 0 Å². The van der Waals surface area contributed by atoms with Gasteiger partial charge in [0.25, 0.3) is 0 Å². The lowest BCUT2D eigenvalue weighted by atomic mass is 9.79. The Hall–Kier alpha value is -2.42. The molecule has 0 amide bonds. The number of piperidine rings is 1. The van der Waals surface area contributed by atoms with Gasteiger partial charge in [-0.1, -0.05) is 91.0 Å². The molecule has 1 N–H and O–H groups in total. The zero-order chi connectivity index (χ0) is 18.5. The van der Waals surface area contributed by atoms with Crippen molar-refractivity contribution in [1.82, 2.24) is 4.90 Å². The number of aliphatic hydroxyl groups excluding tert-OH is 1. The lowest BCUT2D eigenvalue weighted by molar-refractivity contribution is -0.00132. The Bertz CT molecular complexity index is 779. The van der Waals surface area contributed by atoms with Crippen molar-refractivity contribution in [2.24, 2.45) is 0 Å². The molecular formula is C25H27NO. The van der Waals surface area contributed by atoms with E-state index in [0.29, 0.717) is 0 Å². The topological polar surface area (TPSA) is 23.5 Å². The molecule has 1 saturated heterocycles. The minimum atomic E-state index is -0.326. The molecule has 0 spiro atoms. The van der Waals surface area contributed by atoms with Gasteiger partial charge >= 0.3 is 0 Å². The molecule has 2 atom stereocenters. The van der Waals surface area contributed by atoms with Gasteiger partial charge in [0.2, 0.25) is 0 Å². The highest BCUT2D eigenvalue weighted by atomic mass is 16.3. The molecule has 27 heavy (non-hydrogen) atoms. The van der Waals surface area contributed by atoms with Crippen molar-refractivity contribution < 1.29 is 5.11 Å². The molecule has 2 nitrogen and oxygen atoms in total. The molecule has 0 bridgehead atoms. The van der Waals surface area contributed by atoms with Crippen molar-refractivity contribution in [2.75, 3.05) is 6.54 Å². The van der Waals surface area contributed by atoms with Crippen molar-refractivity contribution in [3.8, 4) is 0 Å². The molecule has 1 aliphatic heterocycles. The maximum atomic E-state index is 11.1. The number of nitrogens with zero attached hydrogens (tertiary/aromatic N) is 1. The van der Waals surface area contributed by atoms with Gasteiger partial charge in [-0.25, -0.2) is 0 Å². The van der Waals surface area contributed by atoms with Crippen molar-refractivity contribution >= 4 is 0 Å². The molecule has 0 aliphatic carbocycles. The van der Waals surface area contributed by atoms with Crippen LogP contribution < -0.4 is 0 Å². The van der Waals surface area contributed by atoms with Crippen LogP contribution in [0.5, 0.6) is 0 Å². The highest BCUT2D eigenvalue weighted by Crippen LogP contribution is 2.36. The van der Waals surface area contributed by atoms with Crippen LogP contribution in [0.25, 0.3) is 0 Å². The molecule has 4 rings (SSSR count). The molecule has 2 heteroatoms. The summed E-state index contributed by atoms with van der Waals surface area (Å²) in [4.78, 5) is 2.48. The van der Waals surface area contributed by atoms with Crippen LogP contribution in [-0.4, -0.2) is 28.7 Å². The highest BCUT2D eigenvalue weighted by molar-refractivity contribution is 5.35. The highest BCUT2D eigenvalue weighted by Gasteiger charge is 2.37. The quantitative estimate of drug-likeness (QED) is 0.706. The third-order valence-electron chi connectivity index (χ3n) is 5.65. The molecule has 3 aromatic carbocycles. The fraction of sp³-hybridized carbons (Fsp3) is 0.280. The number of benzene rings is 3. The summed E-state index contributed by atoms with van der Waals surface area (Å²) in [5.41, 5.74) is 3.84. The van der Waals surface area contributed by atoms with Crippen LogP contribution in [0, 0.1) is 0 Å². The third kappa shape index (κ3) is 4.13. The molecule has 0 aromatic heterocycles. The maximum Gasteiger partial charge on any atom is 0.0705 e. The summed E-state index contributed by atoms with van der Waals surface area (Å²) in [7, 11) is 0. The van der Waals surface area contributed by atoms with E-state index in [1.807, 2.05) is 0 Å². The minimum absolute atomic E-state index is 0.0729. The number of hydrogen-bond acceptors (Lipinski definition) is 2. The van der Waals surface area contributed by atoms with Crippen molar-refractivity contribution in [3.05, 3.63) is 108 Å². The van der Waals surface area contributed by atoms with E-state index in [-0.39, 0.29) is 18.1 Å². The Balaban J connectivity index is 1.73. The summed E-state index contributed by atoms with van der Waals surface area (Å²) in [5, 5.41) is 11.1. The average Bonchev–Trinajstić information content (AvgIpc) is 2.73. The van der Waals surface area contributed by atoms with E-state index in [9.17, 15) is 5.11 Å². The molecule has 0 radical (unpaired) electrons. The number of rotatable bonds is 5. The summed E-state index contributed by atoms with van der Waals surface area (Å²) in [6.45, 7) is 1.89. The van der Waals surface area contributed by atoms with E-state index in [2.05, 4.69) is 95.9 Å². The summed E-state index contributed by atoms with van der Waals surface area (Å²) >= 11 is 0. The smallest absolute Gasteiger partial charge is 0.0705 e. The van der Waals surface area contributed by atoms with Crippen LogP contribution >= 0.6 is 0 Å². The van der Waals surface area contributed by atoms with Crippen molar-refractivity contribution in [2.45, 2.75) is 37.5 Å². The largest absolute Gasteiger partial charge is 0.391 e. The molecule has 2 unspecified atom stereocenters. The van der Waals surface area contributed by atoms with Crippen LogP contribution in [0.2, 0.25) is 0 Å². The molecule has 1 fully saturated rings. The van der Waals surface area contributed by atoms with Crippen molar-refractivity contribution in [1.29, 1.82) is 0 Å². The first kappa shape index (κ1) is 18.0. The second kappa shape index (κ2) is 8.51. The molecule has 0 saturated carbocycles. The first-order valence-corrected chi connectivity index (χ1v) is 9.89. The van der Waals surface area contributed by atoms with E-state index in [1.165, 1.54) is 16.7 Å². The Morgan fingerprint density at radius 1 is 0.778 bits per heavy atom. The number of hydrogen-bond donors (Lipinski definition) is 1. The van der Waals surface area contributed by atoms with E-state index < -0.39 is 0 Å². The van der Waals surface area contributed by atoms with Gasteiger partial charge in [0.15, 0.2) is 0 Å². The Labute approximate surface area is 162 Å². The monoisotopic (exact) mass is 357 g/mol. The zero-order valence-corrected chi connectivity index (χ0v) is 15.6. The fourth-order valence-corrected chi connectivity index (χ4v) is 4.41. The summed E-state index contributed by atoms with van der Waals surface area (Å²) in [5.74, 6) is 0.159. The van der Waals surface area contributed by atoms with Gasteiger partial charge in [0.1, 0.15) is 0 Å². The van der Waals surface area contributed by atoms with Crippen LogP contribution in [0.3, 0.4) is 0 Å². The van der Waals surface area contributed by atoms with E-state index >= 15 is 0 Å². The normalized spacial score (nSPS) is 20.7. The second-order valence-corrected chi connectivity index (χ2v) is 7.46. The molecular weight excluding hydrogens is 330 g/mol. The van der Waals surface area contributed by atoms with Gasteiger partial charge < -0.3 is 5.11 Å². The van der Waals surface area contributed by atoms with Crippen LogP contribution in [0.1, 0.15) is 35.4 Å². The molecule has 1 heterocycles. The Kier molecular flexibility index (Phi) is 5.66. The average molecular weight is 357 g/mol. The first-order chi connectivity index (χ1) is 13.3. The zero-order valence-electron chi connectivity index (χ0n) is 15.6. The van der Waals surface area contributed by atoms with Crippen molar-refractivity contribution in [3.63, 3.8) is 0 Å². The molecule has 1 aliphatic rings. The van der Waals surface area contributed by atoms with Crippen LogP contribution in [0.15, 0.2) is 91.0 Å². The van der Waals surface area contributed by atoms with Gasteiger partial charge in [-0.3, -0.25) is 4.90 Å². The van der Waals surface area contributed by atoms with E-state index in [0.717, 1.165) is 25.9 Å². The molecule has 138 valence electrons. The van der Waals surface area contributed by atoms with Crippen LogP contribution in [0.4, 0.5) is 0 Å². The standard InChI is InChI=1S/C25H27NO/c27-23-17-10-18-26(19-20-11-4-1-5-12-20)25(23)24(21-13-6-2-7-14-21)22-15-8-3-9-16-22/h1-9,11-16,23-25,27H,10,17-19H2. The molecule has 3 aromatic rings. The summed E-state index contributed by atoms with van der Waals surface area (Å²) < 4.78 is 0. The van der Waals surface area contributed by atoms with Gasteiger partial charge in [-0.15, -0.1) is 0 Å². The Morgan fingerprint density at radius 2 is 1.30 bits per heavy atom. The summed E-state index contributed by atoms with van der Waals surface area (Å²) in [6.07, 6.45) is 1.58. The van der Waals surface area contributed by atoms with Gasteiger partial charge in [0, 0.05) is 18.5 Å².